The first-order valence-corrected chi connectivity index (χ1v) is 7.60. The van der Waals surface area contributed by atoms with E-state index in [0.29, 0.717) is 13.1 Å². The average molecular weight is 303 g/mol. The molecule has 1 aromatic carbocycles. The van der Waals surface area contributed by atoms with Crippen LogP contribution in [0.1, 0.15) is 5.56 Å². The zero-order valence-electron chi connectivity index (χ0n) is 12.8. The van der Waals surface area contributed by atoms with E-state index in [1.165, 1.54) is 10.5 Å². The van der Waals surface area contributed by atoms with Gasteiger partial charge in [-0.25, -0.2) is 4.79 Å². The van der Waals surface area contributed by atoms with Crippen molar-refractivity contribution in [3.05, 3.63) is 35.9 Å². The molecule has 2 heterocycles. The van der Waals surface area contributed by atoms with Gasteiger partial charge in [0.2, 0.25) is 5.91 Å². The quantitative estimate of drug-likeness (QED) is 0.828. The first-order chi connectivity index (χ1) is 10.6. The zero-order chi connectivity index (χ0) is 15.5. The molecule has 0 bridgehead atoms. The number of piperazine rings is 1. The second-order valence-corrected chi connectivity index (χ2v) is 5.79. The second-order valence-electron chi connectivity index (χ2n) is 5.79. The maximum Gasteiger partial charge on any atom is 0.410 e. The number of benzene rings is 1. The third-order valence-corrected chi connectivity index (χ3v) is 4.34. The maximum absolute atomic E-state index is 12.5. The van der Waals surface area contributed by atoms with Crippen LogP contribution in [0.3, 0.4) is 0 Å². The van der Waals surface area contributed by atoms with E-state index in [4.69, 9.17) is 4.74 Å². The summed E-state index contributed by atoms with van der Waals surface area (Å²) in [5, 5.41) is 0. The van der Waals surface area contributed by atoms with Gasteiger partial charge in [-0.3, -0.25) is 14.6 Å². The van der Waals surface area contributed by atoms with Gasteiger partial charge < -0.3 is 9.64 Å². The lowest BCUT2D eigenvalue weighted by molar-refractivity contribution is -0.136. The molecular weight excluding hydrogens is 282 g/mol. The molecule has 0 aliphatic carbocycles. The van der Waals surface area contributed by atoms with Crippen LogP contribution in [0, 0.1) is 0 Å². The minimum absolute atomic E-state index is 0.00675. The SMILES string of the molecule is CN1C(=O)OCC1C(=O)N1CCN(Cc2ccccc2)CC1. The average Bonchev–Trinajstić information content (AvgIpc) is 2.88. The number of likely N-dealkylation sites (N-methyl/N-ethyl adjacent to an activating group) is 1. The predicted molar refractivity (Wildman–Crippen MR) is 81.2 cm³/mol. The summed E-state index contributed by atoms with van der Waals surface area (Å²) in [4.78, 5) is 29.4. The van der Waals surface area contributed by atoms with E-state index in [2.05, 4.69) is 17.0 Å². The molecule has 6 nitrogen and oxygen atoms in total. The molecule has 0 aromatic heterocycles. The van der Waals surface area contributed by atoms with Crippen molar-refractivity contribution in [2.75, 3.05) is 39.8 Å². The molecule has 2 saturated heterocycles. The molecule has 3 rings (SSSR count). The van der Waals surface area contributed by atoms with Crippen LogP contribution in [0.15, 0.2) is 30.3 Å². The Morgan fingerprint density at radius 2 is 1.86 bits per heavy atom. The molecule has 0 saturated carbocycles. The van der Waals surface area contributed by atoms with Gasteiger partial charge in [0.05, 0.1) is 0 Å². The van der Waals surface area contributed by atoms with Crippen molar-refractivity contribution in [3.63, 3.8) is 0 Å². The summed E-state index contributed by atoms with van der Waals surface area (Å²) in [6, 6.07) is 9.88. The molecule has 2 amide bonds. The summed E-state index contributed by atoms with van der Waals surface area (Å²) in [5.41, 5.74) is 1.29. The summed E-state index contributed by atoms with van der Waals surface area (Å²) >= 11 is 0. The lowest BCUT2D eigenvalue weighted by Crippen LogP contribution is -2.53. The van der Waals surface area contributed by atoms with E-state index >= 15 is 0 Å². The molecule has 0 spiro atoms. The monoisotopic (exact) mass is 303 g/mol. The number of hydrogen-bond donors (Lipinski definition) is 0. The predicted octanol–water partition coefficient (Wildman–Crippen LogP) is 0.781. The van der Waals surface area contributed by atoms with Crippen molar-refractivity contribution in [1.82, 2.24) is 14.7 Å². The van der Waals surface area contributed by atoms with Crippen LogP contribution in [0.4, 0.5) is 4.79 Å². The van der Waals surface area contributed by atoms with Crippen molar-refractivity contribution in [1.29, 1.82) is 0 Å². The van der Waals surface area contributed by atoms with E-state index < -0.39 is 12.1 Å². The Kier molecular flexibility index (Phi) is 4.29. The molecule has 2 fully saturated rings. The van der Waals surface area contributed by atoms with Gasteiger partial charge in [-0.2, -0.15) is 0 Å². The highest BCUT2D eigenvalue weighted by molar-refractivity contribution is 5.87. The van der Waals surface area contributed by atoms with Crippen LogP contribution in [0.25, 0.3) is 0 Å². The van der Waals surface area contributed by atoms with Crippen molar-refractivity contribution in [2.45, 2.75) is 12.6 Å². The van der Waals surface area contributed by atoms with E-state index in [-0.39, 0.29) is 12.5 Å². The first kappa shape index (κ1) is 14.8. The molecule has 118 valence electrons. The fourth-order valence-corrected chi connectivity index (χ4v) is 2.91. The van der Waals surface area contributed by atoms with Gasteiger partial charge in [-0.05, 0) is 5.56 Å². The molecular formula is C16H21N3O3. The van der Waals surface area contributed by atoms with Crippen molar-refractivity contribution in [2.24, 2.45) is 0 Å². The Hall–Kier alpha value is -2.08. The number of amides is 2. The summed E-state index contributed by atoms with van der Waals surface area (Å²) < 4.78 is 4.92. The molecule has 0 N–H and O–H groups in total. The van der Waals surface area contributed by atoms with Crippen LogP contribution in [-0.2, 0) is 16.1 Å². The number of rotatable bonds is 3. The zero-order valence-corrected chi connectivity index (χ0v) is 12.8. The van der Waals surface area contributed by atoms with Gasteiger partial charge in [-0.15, -0.1) is 0 Å². The summed E-state index contributed by atoms with van der Waals surface area (Å²) in [5.74, 6) is -0.00675. The lowest BCUT2D eigenvalue weighted by Gasteiger charge is -2.36. The van der Waals surface area contributed by atoms with Gasteiger partial charge in [0.1, 0.15) is 12.6 Å². The van der Waals surface area contributed by atoms with Gasteiger partial charge >= 0.3 is 6.09 Å². The lowest BCUT2D eigenvalue weighted by atomic mass is 10.2. The van der Waals surface area contributed by atoms with Crippen LogP contribution in [-0.4, -0.2) is 72.6 Å². The summed E-state index contributed by atoms with van der Waals surface area (Å²) in [6.45, 7) is 4.18. The van der Waals surface area contributed by atoms with Crippen molar-refractivity contribution >= 4 is 12.0 Å². The van der Waals surface area contributed by atoms with Crippen LogP contribution >= 0.6 is 0 Å². The number of nitrogens with zero attached hydrogens (tertiary/aromatic N) is 3. The molecule has 1 atom stereocenters. The third-order valence-electron chi connectivity index (χ3n) is 4.34. The fourth-order valence-electron chi connectivity index (χ4n) is 2.91. The molecule has 1 unspecified atom stereocenters. The van der Waals surface area contributed by atoms with Gasteiger partial charge in [0.15, 0.2) is 0 Å². The van der Waals surface area contributed by atoms with Crippen LogP contribution in [0.5, 0.6) is 0 Å². The smallest absolute Gasteiger partial charge is 0.410 e. The number of hydrogen-bond acceptors (Lipinski definition) is 4. The van der Waals surface area contributed by atoms with Crippen LogP contribution < -0.4 is 0 Å². The van der Waals surface area contributed by atoms with Crippen molar-refractivity contribution < 1.29 is 14.3 Å². The molecule has 2 aliphatic rings. The third kappa shape index (κ3) is 3.06. The number of carbonyl (C=O) groups excluding carboxylic acids is 2. The molecule has 22 heavy (non-hydrogen) atoms. The van der Waals surface area contributed by atoms with E-state index in [9.17, 15) is 9.59 Å². The van der Waals surface area contributed by atoms with Crippen LogP contribution in [0.2, 0.25) is 0 Å². The highest BCUT2D eigenvalue weighted by Crippen LogP contribution is 2.15. The largest absolute Gasteiger partial charge is 0.447 e. The van der Waals surface area contributed by atoms with Gasteiger partial charge in [-0.1, -0.05) is 30.3 Å². The normalized spacial score (nSPS) is 22.8. The Bertz CT molecular complexity index is 541. The minimum Gasteiger partial charge on any atom is -0.447 e. The van der Waals surface area contributed by atoms with E-state index in [0.717, 1.165) is 19.6 Å². The topological polar surface area (TPSA) is 53.1 Å². The second kappa shape index (κ2) is 6.36. The van der Waals surface area contributed by atoms with Gasteiger partial charge in [0.25, 0.3) is 0 Å². The van der Waals surface area contributed by atoms with E-state index in [1.54, 1.807) is 7.05 Å². The standard InChI is InChI=1S/C16H21N3O3/c1-17-14(12-22-16(17)21)15(20)19-9-7-18(8-10-19)11-13-5-3-2-4-6-13/h2-6,14H,7-12H2,1H3. The molecule has 2 aliphatic heterocycles. The number of ether oxygens (including phenoxy) is 1. The molecule has 6 heteroatoms. The Balaban J connectivity index is 1.51. The van der Waals surface area contributed by atoms with E-state index in [1.807, 2.05) is 23.1 Å². The number of cyclic esters (lactones) is 1. The highest BCUT2D eigenvalue weighted by atomic mass is 16.6. The Morgan fingerprint density at radius 1 is 1.18 bits per heavy atom. The molecule has 1 aromatic rings. The first-order valence-electron chi connectivity index (χ1n) is 7.60. The fraction of sp³-hybridized carbons (Fsp3) is 0.500. The summed E-state index contributed by atoms with van der Waals surface area (Å²) in [7, 11) is 1.61. The number of carbonyl (C=O) groups is 2. The maximum atomic E-state index is 12.5. The highest BCUT2D eigenvalue weighted by Gasteiger charge is 2.38. The Labute approximate surface area is 130 Å². The van der Waals surface area contributed by atoms with Gasteiger partial charge in [0, 0.05) is 39.8 Å². The van der Waals surface area contributed by atoms with Crippen molar-refractivity contribution in [3.8, 4) is 0 Å². The molecule has 0 radical (unpaired) electrons. The Morgan fingerprint density at radius 3 is 2.45 bits per heavy atom. The summed E-state index contributed by atoms with van der Waals surface area (Å²) in [6.07, 6.45) is -0.416. The minimum atomic E-state index is -0.465.